The first kappa shape index (κ1) is 16.8. The third kappa shape index (κ3) is 4.70. The van der Waals surface area contributed by atoms with E-state index in [4.69, 9.17) is 4.74 Å². The van der Waals surface area contributed by atoms with Crippen LogP contribution >= 0.6 is 0 Å². The maximum atomic E-state index is 12.4. The number of alkyl halides is 3. The van der Waals surface area contributed by atoms with E-state index in [1.165, 1.54) is 0 Å². The average molecular weight is 329 g/mol. The molecule has 0 radical (unpaired) electrons. The van der Waals surface area contributed by atoms with Crippen molar-refractivity contribution in [1.82, 2.24) is 15.5 Å². The number of alkyl carbamates (subject to hydrolysis) is 1. The van der Waals surface area contributed by atoms with E-state index in [0.717, 1.165) is 5.56 Å². The molecule has 0 aliphatic carbocycles. The molecule has 1 aromatic carbocycles. The summed E-state index contributed by atoms with van der Waals surface area (Å²) in [5.41, 5.74) is 1.30. The van der Waals surface area contributed by atoms with Crippen molar-refractivity contribution >= 4 is 6.09 Å². The second-order valence-electron chi connectivity index (χ2n) is 4.52. The molecule has 0 aliphatic rings. The number of halogens is 3. The summed E-state index contributed by atoms with van der Waals surface area (Å²) in [6.45, 7) is 2.39. The Labute approximate surface area is 129 Å². The third-order valence-corrected chi connectivity index (χ3v) is 2.84. The molecule has 1 amide bonds. The minimum atomic E-state index is -4.66. The maximum Gasteiger partial charge on any atom is 0.471 e. The number of hydrogen-bond donors (Lipinski definition) is 1. The Kier molecular flexibility index (Phi) is 5.20. The summed E-state index contributed by atoms with van der Waals surface area (Å²) >= 11 is 0. The highest BCUT2D eigenvalue weighted by atomic mass is 19.4. The van der Waals surface area contributed by atoms with Gasteiger partial charge in [0.1, 0.15) is 0 Å². The number of nitrogens with one attached hydrogen (secondary N) is 1. The monoisotopic (exact) mass is 329 g/mol. The van der Waals surface area contributed by atoms with Gasteiger partial charge in [0.25, 0.3) is 0 Å². The molecule has 0 bridgehead atoms. The van der Waals surface area contributed by atoms with E-state index in [-0.39, 0.29) is 5.82 Å². The van der Waals surface area contributed by atoms with E-state index in [1.54, 1.807) is 31.2 Å². The van der Waals surface area contributed by atoms with Crippen LogP contribution in [0.5, 0.6) is 0 Å². The SMILES string of the molecule is CCOC(=O)NCCc1ccc(-c2noc(C(F)(F)F)n2)cc1. The van der Waals surface area contributed by atoms with Gasteiger partial charge in [0.2, 0.25) is 5.82 Å². The van der Waals surface area contributed by atoms with Crippen molar-refractivity contribution < 1.29 is 27.2 Å². The summed E-state index contributed by atoms with van der Waals surface area (Å²) < 4.78 is 46.1. The predicted molar refractivity (Wildman–Crippen MR) is 73.5 cm³/mol. The zero-order chi connectivity index (χ0) is 16.9. The van der Waals surface area contributed by atoms with Crippen LogP contribution in [0.15, 0.2) is 28.8 Å². The van der Waals surface area contributed by atoms with Gasteiger partial charge in [-0.15, -0.1) is 0 Å². The van der Waals surface area contributed by atoms with E-state index in [2.05, 4.69) is 20.0 Å². The fraction of sp³-hybridized carbons (Fsp3) is 0.357. The van der Waals surface area contributed by atoms with Gasteiger partial charge >= 0.3 is 18.2 Å². The molecule has 0 saturated carbocycles. The average Bonchev–Trinajstić information content (AvgIpc) is 2.98. The quantitative estimate of drug-likeness (QED) is 0.912. The Morgan fingerprint density at radius 3 is 2.57 bits per heavy atom. The lowest BCUT2D eigenvalue weighted by molar-refractivity contribution is -0.159. The zero-order valence-corrected chi connectivity index (χ0v) is 12.2. The van der Waals surface area contributed by atoms with Crippen molar-refractivity contribution in [3.63, 3.8) is 0 Å². The summed E-state index contributed by atoms with van der Waals surface area (Å²) in [7, 11) is 0. The Hall–Kier alpha value is -2.58. The minimum Gasteiger partial charge on any atom is -0.450 e. The maximum absolute atomic E-state index is 12.4. The summed E-state index contributed by atoms with van der Waals surface area (Å²) in [4.78, 5) is 14.4. The van der Waals surface area contributed by atoms with Crippen molar-refractivity contribution in [2.45, 2.75) is 19.5 Å². The number of carbonyl (C=O) groups is 1. The fourth-order valence-electron chi connectivity index (χ4n) is 1.77. The lowest BCUT2D eigenvalue weighted by Crippen LogP contribution is -2.26. The van der Waals surface area contributed by atoms with Crippen LogP contribution in [-0.4, -0.2) is 29.4 Å². The van der Waals surface area contributed by atoms with E-state index in [0.29, 0.717) is 25.1 Å². The van der Waals surface area contributed by atoms with Crippen LogP contribution < -0.4 is 5.32 Å². The van der Waals surface area contributed by atoms with Crippen molar-refractivity contribution in [2.75, 3.05) is 13.2 Å². The second-order valence-corrected chi connectivity index (χ2v) is 4.52. The molecule has 1 N–H and O–H groups in total. The predicted octanol–water partition coefficient (Wildman–Crippen LogP) is 3.04. The summed E-state index contributed by atoms with van der Waals surface area (Å²) in [6.07, 6.45) is -4.60. The van der Waals surface area contributed by atoms with Crippen molar-refractivity contribution in [3.05, 3.63) is 35.7 Å². The topological polar surface area (TPSA) is 77.2 Å². The Morgan fingerprint density at radius 1 is 1.30 bits per heavy atom. The smallest absolute Gasteiger partial charge is 0.450 e. The molecule has 1 aromatic heterocycles. The summed E-state index contributed by atoms with van der Waals surface area (Å²) in [6, 6.07) is 6.60. The lowest BCUT2D eigenvalue weighted by Gasteiger charge is -2.05. The number of carbonyl (C=O) groups excluding carboxylic acids is 1. The molecule has 0 fully saturated rings. The largest absolute Gasteiger partial charge is 0.471 e. The van der Waals surface area contributed by atoms with Gasteiger partial charge in [-0.05, 0) is 18.9 Å². The van der Waals surface area contributed by atoms with E-state index in [9.17, 15) is 18.0 Å². The van der Waals surface area contributed by atoms with Crippen molar-refractivity contribution in [3.8, 4) is 11.4 Å². The number of ether oxygens (including phenoxy) is 1. The van der Waals surface area contributed by atoms with Crippen LogP contribution in [0, 0.1) is 0 Å². The molecule has 9 heteroatoms. The van der Waals surface area contributed by atoms with Crippen LogP contribution in [0.3, 0.4) is 0 Å². The van der Waals surface area contributed by atoms with E-state index >= 15 is 0 Å². The molecule has 23 heavy (non-hydrogen) atoms. The minimum absolute atomic E-state index is 0.131. The zero-order valence-electron chi connectivity index (χ0n) is 12.2. The first-order chi connectivity index (χ1) is 10.9. The highest BCUT2D eigenvalue weighted by Crippen LogP contribution is 2.29. The first-order valence-electron chi connectivity index (χ1n) is 6.81. The molecule has 1 heterocycles. The van der Waals surface area contributed by atoms with E-state index in [1.807, 2.05) is 0 Å². The molecule has 2 aromatic rings. The normalized spacial score (nSPS) is 11.3. The number of aromatic nitrogens is 2. The summed E-state index contributed by atoms with van der Waals surface area (Å²) in [5, 5.41) is 5.88. The van der Waals surface area contributed by atoms with Gasteiger partial charge in [0.15, 0.2) is 0 Å². The molecule has 0 unspecified atom stereocenters. The van der Waals surface area contributed by atoms with Gasteiger partial charge in [-0.1, -0.05) is 29.4 Å². The van der Waals surface area contributed by atoms with Crippen LogP contribution in [0.4, 0.5) is 18.0 Å². The highest BCUT2D eigenvalue weighted by Gasteiger charge is 2.38. The highest BCUT2D eigenvalue weighted by molar-refractivity contribution is 5.67. The van der Waals surface area contributed by atoms with Gasteiger partial charge in [-0.2, -0.15) is 18.2 Å². The second kappa shape index (κ2) is 7.12. The van der Waals surface area contributed by atoms with Gasteiger partial charge in [0, 0.05) is 12.1 Å². The van der Waals surface area contributed by atoms with Crippen LogP contribution in [0.1, 0.15) is 18.4 Å². The standard InChI is InChI=1S/C14H14F3N3O3/c1-2-22-13(21)18-8-7-9-3-5-10(6-4-9)11-19-12(23-20-11)14(15,16)17/h3-6H,2,7-8H2,1H3,(H,18,21). The van der Waals surface area contributed by atoms with E-state index < -0.39 is 18.2 Å². The first-order valence-corrected chi connectivity index (χ1v) is 6.81. The fourth-order valence-corrected chi connectivity index (χ4v) is 1.77. The summed E-state index contributed by atoms with van der Waals surface area (Å²) in [5.74, 6) is -1.51. The van der Waals surface area contributed by atoms with Crippen molar-refractivity contribution in [2.24, 2.45) is 0 Å². The van der Waals surface area contributed by atoms with Gasteiger partial charge in [-0.3, -0.25) is 0 Å². The molecule has 0 saturated heterocycles. The lowest BCUT2D eigenvalue weighted by atomic mass is 10.1. The molecule has 124 valence electrons. The van der Waals surface area contributed by atoms with Crippen LogP contribution in [0.2, 0.25) is 0 Å². The number of amides is 1. The molecule has 6 nitrogen and oxygen atoms in total. The molecule has 0 atom stereocenters. The molecule has 2 rings (SSSR count). The van der Waals surface area contributed by atoms with Crippen LogP contribution in [-0.2, 0) is 17.3 Å². The molecular formula is C14H14F3N3O3. The Balaban J connectivity index is 1.94. The number of benzene rings is 1. The van der Waals surface area contributed by atoms with Crippen molar-refractivity contribution in [1.29, 1.82) is 0 Å². The van der Waals surface area contributed by atoms with Gasteiger partial charge in [0.05, 0.1) is 6.61 Å². The number of nitrogens with zero attached hydrogens (tertiary/aromatic N) is 2. The Morgan fingerprint density at radius 2 is 2.00 bits per heavy atom. The molecule has 0 spiro atoms. The number of hydrogen-bond acceptors (Lipinski definition) is 5. The molecule has 0 aliphatic heterocycles. The molecular weight excluding hydrogens is 315 g/mol. The number of rotatable bonds is 5. The van der Waals surface area contributed by atoms with Gasteiger partial charge in [-0.25, -0.2) is 4.79 Å². The van der Waals surface area contributed by atoms with Crippen LogP contribution in [0.25, 0.3) is 11.4 Å². The third-order valence-electron chi connectivity index (χ3n) is 2.84. The van der Waals surface area contributed by atoms with Gasteiger partial charge < -0.3 is 14.6 Å². The Bertz CT molecular complexity index is 653.